The Morgan fingerprint density at radius 3 is 2.73 bits per heavy atom. The average Bonchev–Trinajstić information content (AvgIpc) is 2.58. The third-order valence-corrected chi connectivity index (χ3v) is 4.93. The summed E-state index contributed by atoms with van der Waals surface area (Å²) >= 11 is 0. The van der Waals surface area contributed by atoms with Crippen molar-refractivity contribution in [2.45, 2.75) is 39.2 Å². The first-order valence-corrected chi connectivity index (χ1v) is 9.40. The number of likely N-dealkylation sites (tertiary alicyclic amines) is 1. The van der Waals surface area contributed by atoms with Gasteiger partial charge in [-0.05, 0) is 69.5 Å². The molecule has 0 aromatic heterocycles. The monoisotopic (exact) mass is 349 g/mol. The van der Waals surface area contributed by atoms with Gasteiger partial charge in [-0.1, -0.05) is 29.7 Å². The number of nitrogens with zero attached hydrogens (tertiary/aromatic N) is 1. The highest BCUT2D eigenvalue weighted by atomic mass is 16.5. The maximum Gasteiger partial charge on any atom is 0.120 e. The first-order chi connectivity index (χ1) is 12.4. The lowest BCUT2D eigenvalue weighted by atomic mass is 9.94. The van der Waals surface area contributed by atoms with Crippen LogP contribution in [0.15, 0.2) is 42.5 Å². The highest BCUT2D eigenvalue weighted by molar-refractivity contribution is 6.34. The highest BCUT2D eigenvalue weighted by Crippen LogP contribution is 2.27. The van der Waals surface area contributed by atoms with Crippen LogP contribution in [0.4, 0.5) is 0 Å². The minimum atomic E-state index is -0.158. The van der Waals surface area contributed by atoms with Gasteiger partial charge in [0.25, 0.3) is 0 Å². The van der Waals surface area contributed by atoms with Crippen molar-refractivity contribution in [3.63, 3.8) is 0 Å². The van der Waals surface area contributed by atoms with Crippen molar-refractivity contribution in [1.82, 2.24) is 4.90 Å². The van der Waals surface area contributed by atoms with Crippen LogP contribution in [0, 0.1) is 13.8 Å². The molecule has 2 radical (unpaired) electrons. The quantitative estimate of drug-likeness (QED) is 0.746. The number of aryl methyl sites for hydroxylation is 2. The third kappa shape index (κ3) is 5.04. The molecule has 3 nitrogen and oxygen atoms in total. The largest absolute Gasteiger partial charge is 0.493 e. The molecular formula is C22H28BNO2. The van der Waals surface area contributed by atoms with Crippen molar-refractivity contribution in [2.75, 3.05) is 26.2 Å². The summed E-state index contributed by atoms with van der Waals surface area (Å²) in [4.78, 5) is 2.42. The Morgan fingerprint density at radius 1 is 1.12 bits per heavy atom. The molecule has 0 spiro atoms. The Bertz CT molecular complexity index is 749. The van der Waals surface area contributed by atoms with E-state index in [0.29, 0.717) is 12.1 Å². The van der Waals surface area contributed by atoms with E-state index in [1.54, 1.807) is 0 Å². The van der Waals surface area contributed by atoms with Crippen LogP contribution in [-0.4, -0.2) is 44.6 Å². The zero-order chi connectivity index (χ0) is 18.6. The lowest BCUT2D eigenvalue weighted by Crippen LogP contribution is -2.50. The van der Waals surface area contributed by atoms with Crippen LogP contribution < -0.4 is 14.9 Å². The third-order valence-electron chi connectivity index (χ3n) is 4.93. The molecule has 0 N–H and O–H groups in total. The lowest BCUT2D eigenvalue weighted by Gasteiger charge is -2.40. The van der Waals surface area contributed by atoms with Crippen molar-refractivity contribution >= 4 is 13.3 Å². The van der Waals surface area contributed by atoms with E-state index in [9.17, 15) is 0 Å². The highest BCUT2D eigenvalue weighted by Gasteiger charge is 2.32. The summed E-state index contributed by atoms with van der Waals surface area (Å²) in [6.07, 6.45) is 2.21. The Hall–Kier alpha value is -1.94. The van der Waals surface area contributed by atoms with Crippen LogP contribution in [0.3, 0.4) is 0 Å². The number of piperidine rings is 1. The Morgan fingerprint density at radius 2 is 1.92 bits per heavy atom. The maximum atomic E-state index is 6.35. The van der Waals surface area contributed by atoms with Crippen LogP contribution >= 0.6 is 0 Å². The van der Waals surface area contributed by atoms with Crippen molar-refractivity contribution in [2.24, 2.45) is 0 Å². The van der Waals surface area contributed by atoms with Gasteiger partial charge < -0.3 is 9.47 Å². The number of hydrogen-bond acceptors (Lipinski definition) is 3. The molecule has 1 saturated heterocycles. The van der Waals surface area contributed by atoms with Crippen LogP contribution in [-0.2, 0) is 0 Å². The van der Waals surface area contributed by atoms with Gasteiger partial charge >= 0.3 is 0 Å². The molecule has 4 heteroatoms. The fourth-order valence-electron chi connectivity index (χ4n) is 3.60. The van der Waals surface area contributed by atoms with Crippen LogP contribution in [0.1, 0.15) is 30.9 Å². The molecule has 2 aromatic carbocycles. The first kappa shape index (κ1) is 18.8. The summed E-state index contributed by atoms with van der Waals surface area (Å²) in [5.41, 5.74) is 2.92. The number of benzene rings is 2. The summed E-state index contributed by atoms with van der Waals surface area (Å²) in [7, 11) is 5.99. The normalized spacial score (nSPS) is 20.7. The van der Waals surface area contributed by atoms with Gasteiger partial charge in [-0.25, -0.2) is 0 Å². The van der Waals surface area contributed by atoms with Crippen molar-refractivity contribution < 1.29 is 9.47 Å². The van der Waals surface area contributed by atoms with Gasteiger partial charge in [0.15, 0.2) is 0 Å². The lowest BCUT2D eigenvalue weighted by molar-refractivity contribution is 0.00215. The number of rotatable bonds is 6. The Kier molecular flexibility index (Phi) is 5.92. The molecule has 0 aliphatic carbocycles. The smallest absolute Gasteiger partial charge is 0.120 e. The van der Waals surface area contributed by atoms with Crippen molar-refractivity contribution in [3.8, 4) is 11.5 Å². The van der Waals surface area contributed by atoms with E-state index in [2.05, 4.69) is 36.9 Å². The molecule has 1 heterocycles. The molecule has 1 unspecified atom stereocenters. The molecule has 26 heavy (non-hydrogen) atoms. The zero-order valence-electron chi connectivity index (χ0n) is 16.1. The molecule has 1 fully saturated rings. The second-order valence-corrected chi connectivity index (χ2v) is 7.64. The summed E-state index contributed by atoms with van der Waals surface area (Å²) in [5.74, 6) is 1.74. The Labute approximate surface area is 158 Å². The molecule has 0 saturated carbocycles. The fraction of sp³-hybridized carbons (Fsp3) is 0.455. The molecule has 1 aliphatic heterocycles. The second kappa shape index (κ2) is 8.17. The molecular weight excluding hydrogens is 321 g/mol. The number of ether oxygens (including phenoxy) is 2. The fourth-order valence-corrected chi connectivity index (χ4v) is 3.60. The molecule has 3 rings (SSSR count). The minimum absolute atomic E-state index is 0.158. The van der Waals surface area contributed by atoms with E-state index in [0.717, 1.165) is 49.5 Å². The van der Waals surface area contributed by atoms with Crippen molar-refractivity contribution in [1.29, 1.82) is 0 Å². The first-order valence-electron chi connectivity index (χ1n) is 9.40. The van der Waals surface area contributed by atoms with Gasteiger partial charge in [0, 0.05) is 13.1 Å². The summed E-state index contributed by atoms with van der Waals surface area (Å²) < 4.78 is 12.3. The van der Waals surface area contributed by atoms with E-state index in [4.69, 9.17) is 17.3 Å². The zero-order valence-corrected chi connectivity index (χ0v) is 16.1. The molecule has 1 atom stereocenters. The summed E-state index contributed by atoms with van der Waals surface area (Å²) in [6, 6.07) is 14.2. The Balaban J connectivity index is 1.54. The van der Waals surface area contributed by atoms with Crippen LogP contribution in [0.25, 0.3) is 0 Å². The average molecular weight is 349 g/mol. The molecule has 0 amide bonds. The maximum absolute atomic E-state index is 6.35. The molecule has 0 bridgehead atoms. The van der Waals surface area contributed by atoms with E-state index in [1.165, 1.54) is 5.56 Å². The molecule has 136 valence electrons. The standard InChI is InChI=1S/C22H28BNO2/c1-17-6-4-7-19(14-17)26-22(3)10-5-11-24(16-22)12-13-25-21-15-18(2)8-9-20(21)23/h4,6-9,14-15H,5,10-13,16H2,1-3H3. The summed E-state index contributed by atoms with van der Waals surface area (Å²) in [6.45, 7) is 9.85. The van der Waals surface area contributed by atoms with Crippen LogP contribution in [0.2, 0.25) is 0 Å². The van der Waals surface area contributed by atoms with Gasteiger partial charge in [0.1, 0.15) is 31.6 Å². The second-order valence-electron chi connectivity index (χ2n) is 7.64. The van der Waals surface area contributed by atoms with Gasteiger partial charge in [-0.2, -0.15) is 0 Å². The van der Waals surface area contributed by atoms with E-state index >= 15 is 0 Å². The van der Waals surface area contributed by atoms with E-state index in [-0.39, 0.29) is 5.60 Å². The van der Waals surface area contributed by atoms with Crippen molar-refractivity contribution in [3.05, 3.63) is 53.6 Å². The van der Waals surface area contributed by atoms with Gasteiger partial charge in [-0.3, -0.25) is 4.90 Å². The number of hydrogen-bond donors (Lipinski definition) is 0. The van der Waals surface area contributed by atoms with Gasteiger partial charge in [0.2, 0.25) is 0 Å². The molecule has 1 aliphatic rings. The van der Waals surface area contributed by atoms with Gasteiger partial charge in [-0.15, -0.1) is 0 Å². The van der Waals surface area contributed by atoms with E-state index in [1.807, 2.05) is 31.2 Å². The van der Waals surface area contributed by atoms with Crippen LogP contribution in [0.5, 0.6) is 11.5 Å². The SMILES string of the molecule is [B]c1ccc(C)cc1OCCN1CCCC(C)(Oc2cccc(C)c2)C1. The van der Waals surface area contributed by atoms with Gasteiger partial charge in [0.05, 0.1) is 0 Å². The summed E-state index contributed by atoms with van der Waals surface area (Å²) in [5, 5.41) is 0. The molecule has 2 aromatic rings. The predicted octanol–water partition coefficient (Wildman–Crippen LogP) is 3.41. The minimum Gasteiger partial charge on any atom is -0.493 e. The topological polar surface area (TPSA) is 21.7 Å². The van der Waals surface area contributed by atoms with E-state index < -0.39 is 0 Å². The predicted molar refractivity (Wildman–Crippen MR) is 108 cm³/mol.